The van der Waals surface area contributed by atoms with Crippen LogP contribution in [0.2, 0.25) is 0 Å². The molecular formula is C17H23N3O4. The largest absolute Gasteiger partial charge is 0.481 e. The Labute approximate surface area is 140 Å². The molecule has 1 aromatic heterocycles. The smallest absolute Gasteiger partial charge is 0.321 e. The highest BCUT2D eigenvalue weighted by atomic mass is 16.4. The van der Waals surface area contributed by atoms with Crippen molar-refractivity contribution >= 4 is 28.8 Å². The molecule has 0 saturated carbocycles. The lowest BCUT2D eigenvalue weighted by Gasteiger charge is -2.19. The number of carboxylic acids is 1. The van der Waals surface area contributed by atoms with Crippen molar-refractivity contribution in [3.05, 3.63) is 24.1 Å². The zero-order valence-corrected chi connectivity index (χ0v) is 14.6. The summed E-state index contributed by atoms with van der Waals surface area (Å²) in [4.78, 5) is 28.8. The van der Waals surface area contributed by atoms with Gasteiger partial charge in [-0.3, -0.25) is 4.79 Å². The maximum absolute atomic E-state index is 12.1. The van der Waals surface area contributed by atoms with E-state index in [1.165, 1.54) is 4.90 Å². The van der Waals surface area contributed by atoms with Crippen molar-refractivity contribution in [2.45, 2.75) is 33.1 Å². The van der Waals surface area contributed by atoms with Gasteiger partial charge in [0.05, 0.1) is 5.92 Å². The number of amides is 2. The molecule has 2 aromatic rings. The second-order valence-corrected chi connectivity index (χ2v) is 7.00. The van der Waals surface area contributed by atoms with Crippen LogP contribution in [0.5, 0.6) is 0 Å². The fraction of sp³-hybridized carbons (Fsp3) is 0.471. The number of carbonyl (C=O) groups is 2. The van der Waals surface area contributed by atoms with E-state index in [4.69, 9.17) is 9.52 Å². The van der Waals surface area contributed by atoms with Crippen molar-refractivity contribution in [1.82, 2.24) is 9.88 Å². The van der Waals surface area contributed by atoms with E-state index < -0.39 is 11.9 Å². The minimum atomic E-state index is -0.937. The first-order valence-electron chi connectivity index (χ1n) is 7.74. The number of oxazole rings is 1. The third-order valence-corrected chi connectivity index (χ3v) is 3.60. The maximum atomic E-state index is 12.1. The monoisotopic (exact) mass is 333 g/mol. The number of fused-ring (bicyclic) bond motifs is 1. The highest BCUT2D eigenvalue weighted by molar-refractivity contribution is 5.91. The number of anilines is 1. The summed E-state index contributed by atoms with van der Waals surface area (Å²) < 4.78 is 5.72. The first-order valence-corrected chi connectivity index (χ1v) is 7.74. The summed E-state index contributed by atoms with van der Waals surface area (Å²) >= 11 is 0. The van der Waals surface area contributed by atoms with Gasteiger partial charge in [0.15, 0.2) is 5.58 Å². The van der Waals surface area contributed by atoms with Gasteiger partial charge in [0.25, 0.3) is 0 Å². The Morgan fingerprint density at radius 1 is 1.38 bits per heavy atom. The normalized spacial score (nSPS) is 12.9. The van der Waals surface area contributed by atoms with Crippen LogP contribution in [0.3, 0.4) is 0 Å². The third kappa shape index (κ3) is 4.04. The van der Waals surface area contributed by atoms with E-state index in [1.807, 2.05) is 20.8 Å². The molecule has 24 heavy (non-hydrogen) atoms. The molecule has 1 aromatic carbocycles. The molecule has 1 atom stereocenters. The number of benzene rings is 1. The van der Waals surface area contributed by atoms with E-state index in [0.717, 1.165) is 0 Å². The molecule has 130 valence electrons. The topological polar surface area (TPSA) is 95.7 Å². The minimum absolute atomic E-state index is 0.127. The molecule has 0 fully saturated rings. The molecule has 7 nitrogen and oxygen atoms in total. The van der Waals surface area contributed by atoms with E-state index in [0.29, 0.717) is 22.7 Å². The third-order valence-electron chi connectivity index (χ3n) is 3.60. The summed E-state index contributed by atoms with van der Waals surface area (Å²) in [6.07, 6.45) is 0. The van der Waals surface area contributed by atoms with Gasteiger partial charge in [-0.25, -0.2) is 9.78 Å². The van der Waals surface area contributed by atoms with Gasteiger partial charge < -0.3 is 19.7 Å². The minimum Gasteiger partial charge on any atom is -0.481 e. The van der Waals surface area contributed by atoms with Crippen molar-refractivity contribution in [3.8, 4) is 0 Å². The first-order chi connectivity index (χ1) is 11.1. The van der Waals surface area contributed by atoms with E-state index in [1.54, 1.807) is 32.2 Å². The highest BCUT2D eigenvalue weighted by Gasteiger charge is 2.21. The predicted molar refractivity (Wildman–Crippen MR) is 91.2 cm³/mol. The molecule has 0 spiro atoms. The molecule has 0 aliphatic heterocycles. The Morgan fingerprint density at radius 3 is 2.62 bits per heavy atom. The average Bonchev–Trinajstić information content (AvgIpc) is 2.90. The van der Waals surface area contributed by atoms with Crippen LogP contribution in [0.25, 0.3) is 11.1 Å². The molecule has 0 bridgehead atoms. The van der Waals surface area contributed by atoms with Gasteiger partial charge in [-0.1, -0.05) is 27.7 Å². The SMILES string of the molecule is CC(CN(C)C(=O)Nc1ccc2oc(C(C)(C)C)nc2c1)C(=O)O. The zero-order chi connectivity index (χ0) is 18.1. The molecule has 1 unspecified atom stereocenters. The van der Waals surface area contributed by atoms with Crippen LogP contribution in [0.4, 0.5) is 10.5 Å². The Morgan fingerprint density at radius 2 is 2.04 bits per heavy atom. The van der Waals surface area contributed by atoms with E-state index in [2.05, 4.69) is 10.3 Å². The van der Waals surface area contributed by atoms with Crippen LogP contribution < -0.4 is 5.32 Å². The number of carbonyl (C=O) groups excluding carboxylic acids is 1. The number of aliphatic carboxylic acids is 1. The molecule has 2 N–H and O–H groups in total. The molecule has 0 aliphatic carbocycles. The lowest BCUT2D eigenvalue weighted by atomic mass is 9.97. The molecule has 2 amide bonds. The second-order valence-electron chi connectivity index (χ2n) is 7.00. The molecule has 0 saturated heterocycles. The quantitative estimate of drug-likeness (QED) is 0.895. The molecule has 2 rings (SSSR count). The van der Waals surface area contributed by atoms with Crippen LogP contribution in [0, 0.1) is 5.92 Å². The summed E-state index contributed by atoms with van der Waals surface area (Å²) in [5.41, 5.74) is 1.71. The predicted octanol–water partition coefficient (Wildman–Crippen LogP) is 3.31. The maximum Gasteiger partial charge on any atom is 0.321 e. The average molecular weight is 333 g/mol. The van der Waals surface area contributed by atoms with E-state index in [9.17, 15) is 9.59 Å². The Bertz CT molecular complexity index is 761. The Hall–Kier alpha value is -2.57. The van der Waals surface area contributed by atoms with Crippen LogP contribution in [-0.2, 0) is 10.2 Å². The zero-order valence-electron chi connectivity index (χ0n) is 14.6. The van der Waals surface area contributed by atoms with Gasteiger partial charge in [-0.15, -0.1) is 0 Å². The van der Waals surface area contributed by atoms with Crippen LogP contribution in [0.15, 0.2) is 22.6 Å². The Kier molecular flexibility index (Phi) is 4.82. The number of carboxylic acid groups (broad SMARTS) is 1. The van der Waals surface area contributed by atoms with Gasteiger partial charge in [0, 0.05) is 24.7 Å². The van der Waals surface area contributed by atoms with Crippen molar-refractivity contribution in [2.75, 3.05) is 18.9 Å². The number of nitrogens with one attached hydrogen (secondary N) is 1. The lowest BCUT2D eigenvalue weighted by molar-refractivity contribution is -0.141. The van der Waals surface area contributed by atoms with Gasteiger partial charge in [0.2, 0.25) is 5.89 Å². The van der Waals surface area contributed by atoms with Crippen molar-refractivity contribution in [3.63, 3.8) is 0 Å². The van der Waals surface area contributed by atoms with Crippen LogP contribution >= 0.6 is 0 Å². The standard InChI is InChI=1S/C17H23N3O4/c1-10(14(21)22)9-20(5)16(23)18-11-6-7-13-12(8-11)19-15(24-13)17(2,3)4/h6-8,10H,9H2,1-5H3,(H,18,23)(H,21,22). The van der Waals surface area contributed by atoms with E-state index >= 15 is 0 Å². The summed E-state index contributed by atoms with van der Waals surface area (Å²) in [7, 11) is 1.56. The summed E-state index contributed by atoms with van der Waals surface area (Å²) in [5.74, 6) is -0.935. The molecule has 7 heteroatoms. The lowest BCUT2D eigenvalue weighted by Crippen LogP contribution is -2.36. The summed E-state index contributed by atoms with van der Waals surface area (Å²) in [6.45, 7) is 7.72. The molecular weight excluding hydrogens is 310 g/mol. The Balaban J connectivity index is 2.12. The van der Waals surface area contributed by atoms with Gasteiger partial charge in [0.1, 0.15) is 5.52 Å². The van der Waals surface area contributed by atoms with Crippen LogP contribution in [-0.4, -0.2) is 40.6 Å². The number of rotatable bonds is 4. The second kappa shape index (κ2) is 6.51. The highest BCUT2D eigenvalue weighted by Crippen LogP contribution is 2.27. The van der Waals surface area contributed by atoms with Crippen molar-refractivity contribution in [2.24, 2.45) is 5.92 Å². The van der Waals surface area contributed by atoms with Crippen LogP contribution in [0.1, 0.15) is 33.6 Å². The number of nitrogens with zero attached hydrogens (tertiary/aromatic N) is 2. The number of hydrogen-bond donors (Lipinski definition) is 2. The molecule has 1 heterocycles. The number of urea groups is 1. The van der Waals surface area contributed by atoms with Crippen molar-refractivity contribution in [1.29, 1.82) is 0 Å². The number of hydrogen-bond acceptors (Lipinski definition) is 4. The summed E-state index contributed by atoms with van der Waals surface area (Å²) in [6, 6.07) is 4.85. The van der Waals surface area contributed by atoms with E-state index in [-0.39, 0.29) is 18.0 Å². The van der Waals surface area contributed by atoms with Crippen molar-refractivity contribution < 1.29 is 19.1 Å². The van der Waals surface area contributed by atoms with Gasteiger partial charge in [-0.05, 0) is 18.2 Å². The fourth-order valence-corrected chi connectivity index (χ4v) is 2.12. The number of aromatic nitrogens is 1. The van der Waals surface area contributed by atoms with Gasteiger partial charge >= 0.3 is 12.0 Å². The molecule has 0 radical (unpaired) electrons. The van der Waals surface area contributed by atoms with Gasteiger partial charge in [-0.2, -0.15) is 0 Å². The summed E-state index contributed by atoms with van der Waals surface area (Å²) in [5, 5.41) is 11.7. The fourth-order valence-electron chi connectivity index (χ4n) is 2.12. The first kappa shape index (κ1) is 17.8. The molecule has 0 aliphatic rings.